The Bertz CT molecular complexity index is 1660. The normalized spacial score (nSPS) is 14.1. The molecule has 210 valence electrons. The third kappa shape index (κ3) is 5.22. The van der Waals surface area contributed by atoms with Crippen molar-refractivity contribution < 1.29 is 40.3 Å². The van der Waals surface area contributed by atoms with Crippen molar-refractivity contribution >= 4 is 50.7 Å². The van der Waals surface area contributed by atoms with Gasteiger partial charge in [0.1, 0.15) is 27.8 Å². The second-order valence-electron chi connectivity index (χ2n) is 8.94. The van der Waals surface area contributed by atoms with Crippen LogP contribution in [-0.2, 0) is 23.7 Å². The number of carbonyl (C=O) groups excluding carboxylic acids is 2. The molecule has 0 bridgehead atoms. The largest absolute Gasteiger partial charge is 0.436 e. The zero-order chi connectivity index (χ0) is 29.1. The predicted octanol–water partition coefficient (Wildman–Crippen LogP) is 6.60. The number of anilines is 1. The van der Waals surface area contributed by atoms with Crippen LogP contribution in [0.4, 0.5) is 36.4 Å². The molecule has 0 aliphatic heterocycles. The number of nitrogens with one attached hydrogen (secondary N) is 1. The van der Waals surface area contributed by atoms with Crippen LogP contribution in [0.25, 0.3) is 21.3 Å². The summed E-state index contributed by atoms with van der Waals surface area (Å²) >= 11 is 6.43. The van der Waals surface area contributed by atoms with Crippen LogP contribution < -0.4 is 11.1 Å². The molecular formula is C24H15ClF7N5O2S. The summed E-state index contributed by atoms with van der Waals surface area (Å²) in [5.41, 5.74) is 2.47. The second-order valence-corrected chi connectivity index (χ2v) is 10.3. The average molecular weight is 606 g/mol. The fourth-order valence-electron chi connectivity index (χ4n) is 4.21. The highest BCUT2D eigenvalue weighted by Crippen LogP contribution is 2.47. The summed E-state index contributed by atoms with van der Waals surface area (Å²) < 4.78 is 95.5. The fourth-order valence-corrected chi connectivity index (χ4v) is 5.61. The number of amides is 2. The molecule has 3 N–H and O–H groups in total. The van der Waals surface area contributed by atoms with Gasteiger partial charge in [-0.15, -0.1) is 11.3 Å². The number of aromatic nitrogens is 3. The molecular weight excluding hydrogens is 591 g/mol. The Kier molecular flexibility index (Phi) is 6.77. The molecule has 1 aromatic carbocycles. The van der Waals surface area contributed by atoms with E-state index >= 15 is 0 Å². The van der Waals surface area contributed by atoms with Crippen LogP contribution in [0, 0.1) is 5.82 Å². The first-order valence-electron chi connectivity index (χ1n) is 11.4. The molecule has 0 spiro atoms. The number of rotatable bonds is 6. The van der Waals surface area contributed by atoms with Gasteiger partial charge in [0, 0.05) is 11.3 Å². The first-order valence-corrected chi connectivity index (χ1v) is 12.6. The quantitative estimate of drug-likeness (QED) is 0.242. The lowest BCUT2D eigenvalue weighted by atomic mass is 10.0. The zero-order valence-electron chi connectivity index (χ0n) is 19.8. The molecule has 2 amide bonds. The number of carbonyl (C=O) groups is 2. The third-order valence-electron chi connectivity index (χ3n) is 6.05. The lowest BCUT2D eigenvalue weighted by molar-refractivity contribution is -0.142. The molecule has 16 heteroatoms. The van der Waals surface area contributed by atoms with Gasteiger partial charge in [-0.05, 0) is 42.2 Å². The van der Waals surface area contributed by atoms with Crippen LogP contribution in [0.2, 0.25) is 5.02 Å². The molecule has 40 heavy (non-hydrogen) atoms. The highest BCUT2D eigenvalue weighted by Gasteiger charge is 2.42. The SMILES string of the molecule is NC(=O)c1sc2nc(C(F)(F)F)cc(-c3ccc(F)cc3)c2c1NC(=O)Cn1nc(C(F)(F)F)c(Cl)c1C1CC1. The maximum atomic E-state index is 13.6. The molecule has 0 unspecified atom stereocenters. The summed E-state index contributed by atoms with van der Waals surface area (Å²) in [6.45, 7) is -0.753. The van der Waals surface area contributed by atoms with Crippen LogP contribution in [-0.4, -0.2) is 26.6 Å². The maximum Gasteiger partial charge on any atom is 0.436 e. The first kappa shape index (κ1) is 27.8. The molecule has 3 aromatic heterocycles. The Balaban J connectivity index is 1.62. The number of fused-ring (bicyclic) bond motifs is 1. The first-order chi connectivity index (χ1) is 18.6. The number of halogens is 8. The number of nitrogens with zero attached hydrogens (tertiary/aromatic N) is 3. The van der Waals surface area contributed by atoms with Gasteiger partial charge in [0.25, 0.3) is 5.91 Å². The van der Waals surface area contributed by atoms with E-state index in [1.807, 2.05) is 0 Å². The van der Waals surface area contributed by atoms with Crippen LogP contribution in [0.5, 0.6) is 0 Å². The summed E-state index contributed by atoms with van der Waals surface area (Å²) in [5, 5.41) is 5.15. The van der Waals surface area contributed by atoms with Crippen LogP contribution in [0.3, 0.4) is 0 Å². The minimum atomic E-state index is -4.89. The number of alkyl halides is 6. The summed E-state index contributed by atoms with van der Waals surface area (Å²) in [6.07, 6.45) is -8.69. The number of primary amides is 1. The lowest BCUT2D eigenvalue weighted by Crippen LogP contribution is -2.23. The highest BCUT2D eigenvalue weighted by atomic mass is 35.5. The summed E-state index contributed by atoms with van der Waals surface area (Å²) in [7, 11) is 0. The van der Waals surface area contributed by atoms with E-state index < -0.39 is 52.9 Å². The van der Waals surface area contributed by atoms with E-state index in [2.05, 4.69) is 15.4 Å². The molecule has 1 aliphatic rings. The molecule has 3 heterocycles. The number of benzene rings is 1. The Hall–Kier alpha value is -3.72. The molecule has 4 aromatic rings. The Morgan fingerprint density at radius 2 is 1.75 bits per heavy atom. The molecule has 7 nitrogen and oxygen atoms in total. The van der Waals surface area contributed by atoms with E-state index in [-0.39, 0.29) is 43.5 Å². The van der Waals surface area contributed by atoms with Crippen LogP contribution in [0.15, 0.2) is 30.3 Å². The number of hydrogen-bond acceptors (Lipinski definition) is 5. The van der Waals surface area contributed by atoms with Crippen molar-refractivity contribution in [2.24, 2.45) is 5.73 Å². The van der Waals surface area contributed by atoms with Gasteiger partial charge in [-0.1, -0.05) is 23.7 Å². The number of thiophene rings is 1. The molecule has 5 rings (SSSR count). The summed E-state index contributed by atoms with van der Waals surface area (Å²) in [4.78, 5) is 28.3. The van der Waals surface area contributed by atoms with E-state index in [0.717, 1.165) is 16.8 Å². The third-order valence-corrected chi connectivity index (χ3v) is 7.52. The minimum absolute atomic E-state index is 0.0259. The molecule has 0 radical (unpaired) electrons. The molecule has 1 aliphatic carbocycles. The van der Waals surface area contributed by atoms with Crippen molar-refractivity contribution in [2.45, 2.75) is 37.7 Å². The van der Waals surface area contributed by atoms with Crippen LogP contribution in [0.1, 0.15) is 45.5 Å². The monoisotopic (exact) mass is 605 g/mol. The van der Waals surface area contributed by atoms with Gasteiger partial charge in [0.15, 0.2) is 5.69 Å². The Morgan fingerprint density at radius 1 is 1.10 bits per heavy atom. The number of nitrogens with two attached hydrogens (primary N) is 1. The van der Waals surface area contributed by atoms with Gasteiger partial charge in [-0.25, -0.2) is 9.37 Å². The van der Waals surface area contributed by atoms with Gasteiger partial charge in [-0.2, -0.15) is 31.4 Å². The van der Waals surface area contributed by atoms with Crippen molar-refractivity contribution in [3.63, 3.8) is 0 Å². The fraction of sp³-hybridized carbons (Fsp3) is 0.250. The second kappa shape index (κ2) is 9.73. The molecule has 1 saturated carbocycles. The predicted molar refractivity (Wildman–Crippen MR) is 131 cm³/mol. The Morgan fingerprint density at radius 3 is 2.30 bits per heavy atom. The number of pyridine rings is 1. The maximum absolute atomic E-state index is 13.6. The van der Waals surface area contributed by atoms with Gasteiger partial charge in [-0.3, -0.25) is 14.3 Å². The summed E-state index contributed by atoms with van der Waals surface area (Å²) in [6, 6.07) is 5.09. The van der Waals surface area contributed by atoms with Crippen molar-refractivity contribution in [1.29, 1.82) is 0 Å². The van der Waals surface area contributed by atoms with Crippen molar-refractivity contribution in [3.05, 3.63) is 63.1 Å². The smallest absolute Gasteiger partial charge is 0.365 e. The standard InChI is InChI=1S/C24H15ClF7N5O2S/c25-16-18(10-1-2-10)37(36-20(16)24(30,31)32)8-14(38)35-17-15-12(9-3-5-11(26)6-4-9)7-13(23(27,28)29)34-22(15)40-19(17)21(33)39/h3-7,10H,1-2,8H2,(H2,33,39)(H,35,38). The van der Waals surface area contributed by atoms with E-state index in [4.69, 9.17) is 17.3 Å². The van der Waals surface area contributed by atoms with Crippen molar-refractivity contribution in [2.75, 3.05) is 5.32 Å². The van der Waals surface area contributed by atoms with Crippen molar-refractivity contribution in [3.8, 4) is 11.1 Å². The van der Waals surface area contributed by atoms with Gasteiger partial charge < -0.3 is 11.1 Å². The lowest BCUT2D eigenvalue weighted by Gasteiger charge is -2.13. The Labute approximate surface area is 228 Å². The van der Waals surface area contributed by atoms with E-state index in [1.165, 1.54) is 12.1 Å². The van der Waals surface area contributed by atoms with Gasteiger partial charge >= 0.3 is 12.4 Å². The zero-order valence-corrected chi connectivity index (χ0v) is 21.3. The number of hydrogen-bond donors (Lipinski definition) is 2. The van der Waals surface area contributed by atoms with Crippen LogP contribution >= 0.6 is 22.9 Å². The highest BCUT2D eigenvalue weighted by molar-refractivity contribution is 7.21. The summed E-state index contributed by atoms with van der Waals surface area (Å²) in [5.74, 6) is -3.05. The van der Waals surface area contributed by atoms with E-state index in [1.54, 1.807) is 0 Å². The van der Waals surface area contributed by atoms with Gasteiger partial charge in [0.2, 0.25) is 5.91 Å². The topological polar surface area (TPSA) is 103 Å². The molecule has 0 atom stereocenters. The average Bonchev–Trinajstić information content (AvgIpc) is 3.53. The molecule has 1 fully saturated rings. The van der Waals surface area contributed by atoms with Crippen molar-refractivity contribution in [1.82, 2.24) is 14.8 Å². The molecule has 0 saturated heterocycles. The minimum Gasteiger partial charge on any atom is -0.365 e. The van der Waals surface area contributed by atoms with E-state index in [0.29, 0.717) is 30.2 Å². The van der Waals surface area contributed by atoms with Gasteiger partial charge in [0.05, 0.1) is 16.4 Å². The van der Waals surface area contributed by atoms with E-state index in [9.17, 15) is 40.3 Å².